The normalized spacial score (nSPS) is 10.8. The molecule has 0 aromatic carbocycles. The van der Waals surface area contributed by atoms with Gasteiger partial charge in [0.25, 0.3) is 5.91 Å². The molecule has 0 aliphatic carbocycles. The van der Waals surface area contributed by atoms with Crippen LogP contribution < -0.4 is 0 Å². The van der Waals surface area contributed by atoms with E-state index in [4.69, 9.17) is 9.84 Å². The molecule has 0 spiro atoms. The number of amides is 1. The summed E-state index contributed by atoms with van der Waals surface area (Å²) >= 11 is 1.59. The van der Waals surface area contributed by atoms with Gasteiger partial charge in [-0.3, -0.25) is 4.79 Å². The van der Waals surface area contributed by atoms with Gasteiger partial charge in [0.05, 0.1) is 18.1 Å². The lowest BCUT2D eigenvalue weighted by Crippen LogP contribution is -2.35. The number of aliphatic hydroxyl groups is 1. The molecule has 4 nitrogen and oxygen atoms in total. The minimum Gasteiger partial charge on any atom is -0.395 e. The molecule has 0 bridgehead atoms. The van der Waals surface area contributed by atoms with Gasteiger partial charge >= 0.3 is 0 Å². The number of carbonyl (C=O) groups excluding carboxylic acids is 1. The summed E-state index contributed by atoms with van der Waals surface area (Å²) in [6, 6.07) is 2.01. The van der Waals surface area contributed by atoms with Crippen LogP contribution in [-0.4, -0.2) is 49.3 Å². The number of hydrogen-bond donors (Lipinski definition) is 1. The molecule has 0 saturated heterocycles. The van der Waals surface area contributed by atoms with Crippen LogP contribution in [0.15, 0.2) is 6.07 Å². The van der Waals surface area contributed by atoms with Gasteiger partial charge in [-0.15, -0.1) is 11.3 Å². The van der Waals surface area contributed by atoms with Crippen LogP contribution in [0.3, 0.4) is 0 Å². The van der Waals surface area contributed by atoms with Gasteiger partial charge in [-0.2, -0.15) is 0 Å². The largest absolute Gasteiger partial charge is 0.395 e. The number of carbonyl (C=O) groups is 1. The Morgan fingerprint density at radius 1 is 1.40 bits per heavy atom. The lowest BCUT2D eigenvalue weighted by atomic mass is 10.1. The Bertz CT molecular complexity index is 417. The van der Waals surface area contributed by atoms with Crippen LogP contribution in [-0.2, 0) is 17.6 Å². The zero-order valence-corrected chi connectivity index (χ0v) is 13.5. The Balaban J connectivity index is 2.87. The quantitative estimate of drug-likeness (QED) is 0.761. The van der Waals surface area contributed by atoms with E-state index in [0.717, 1.165) is 24.1 Å². The molecule has 0 unspecified atom stereocenters. The zero-order valence-electron chi connectivity index (χ0n) is 12.6. The number of thiophene rings is 1. The smallest absolute Gasteiger partial charge is 0.264 e. The van der Waals surface area contributed by atoms with Crippen LogP contribution in [0.1, 0.15) is 40.4 Å². The first-order valence-electron chi connectivity index (χ1n) is 7.18. The summed E-state index contributed by atoms with van der Waals surface area (Å²) in [6.45, 7) is 5.59. The highest BCUT2D eigenvalue weighted by atomic mass is 32.1. The molecule has 0 aliphatic heterocycles. The summed E-state index contributed by atoms with van der Waals surface area (Å²) < 4.78 is 5.02. The van der Waals surface area contributed by atoms with Crippen LogP contribution in [0.25, 0.3) is 0 Å². The average molecular weight is 299 g/mol. The molecule has 1 heterocycles. The molecule has 5 heteroatoms. The van der Waals surface area contributed by atoms with Gasteiger partial charge in [-0.05, 0) is 24.5 Å². The fraction of sp³-hybridized carbons (Fsp3) is 0.667. The van der Waals surface area contributed by atoms with Crippen molar-refractivity contribution < 1.29 is 14.6 Å². The number of nitrogens with zero attached hydrogens (tertiary/aromatic N) is 1. The van der Waals surface area contributed by atoms with Crippen LogP contribution >= 0.6 is 11.3 Å². The van der Waals surface area contributed by atoms with E-state index >= 15 is 0 Å². The molecule has 0 fully saturated rings. The third-order valence-electron chi connectivity index (χ3n) is 3.19. The first-order valence-corrected chi connectivity index (χ1v) is 8.00. The van der Waals surface area contributed by atoms with E-state index in [2.05, 4.69) is 13.8 Å². The van der Waals surface area contributed by atoms with Crippen molar-refractivity contribution in [2.45, 2.75) is 33.1 Å². The van der Waals surface area contributed by atoms with Gasteiger partial charge in [-0.1, -0.05) is 20.3 Å². The van der Waals surface area contributed by atoms with Gasteiger partial charge in [0, 0.05) is 25.1 Å². The molecule has 0 radical (unpaired) electrons. The summed E-state index contributed by atoms with van der Waals surface area (Å²) in [6.07, 6.45) is 3.07. The maximum atomic E-state index is 12.5. The van der Waals surface area contributed by atoms with Crippen LogP contribution in [0.4, 0.5) is 0 Å². The van der Waals surface area contributed by atoms with Crippen LogP contribution in [0.5, 0.6) is 0 Å². The van der Waals surface area contributed by atoms with E-state index in [1.165, 1.54) is 10.4 Å². The predicted molar refractivity (Wildman–Crippen MR) is 82.6 cm³/mol. The minimum atomic E-state index is -0.0245. The zero-order chi connectivity index (χ0) is 15.0. The van der Waals surface area contributed by atoms with Crippen molar-refractivity contribution in [2.24, 2.45) is 0 Å². The second kappa shape index (κ2) is 9.10. The molecule has 1 amide bonds. The van der Waals surface area contributed by atoms with Crippen LogP contribution in [0, 0.1) is 0 Å². The Morgan fingerprint density at radius 2 is 2.15 bits per heavy atom. The highest BCUT2D eigenvalue weighted by Gasteiger charge is 2.19. The maximum absolute atomic E-state index is 12.5. The van der Waals surface area contributed by atoms with Crippen molar-refractivity contribution in [1.29, 1.82) is 0 Å². The van der Waals surface area contributed by atoms with E-state index in [-0.39, 0.29) is 12.5 Å². The first kappa shape index (κ1) is 17.1. The molecule has 1 aromatic rings. The van der Waals surface area contributed by atoms with Crippen molar-refractivity contribution in [1.82, 2.24) is 4.90 Å². The van der Waals surface area contributed by atoms with Crippen molar-refractivity contribution >= 4 is 17.2 Å². The number of hydrogen-bond acceptors (Lipinski definition) is 4. The number of aryl methyl sites for hydroxylation is 2. The third kappa shape index (κ3) is 4.58. The predicted octanol–water partition coefficient (Wildman–Crippen LogP) is 2.34. The fourth-order valence-electron chi connectivity index (χ4n) is 2.10. The minimum absolute atomic E-state index is 0.00171. The number of rotatable bonds is 9. The first-order chi connectivity index (χ1) is 9.67. The Hall–Kier alpha value is -0.910. The van der Waals surface area contributed by atoms with Gasteiger partial charge < -0.3 is 14.7 Å². The summed E-state index contributed by atoms with van der Waals surface area (Å²) in [5, 5.41) is 9.09. The van der Waals surface area contributed by atoms with Crippen molar-refractivity contribution in [3.05, 3.63) is 21.4 Å². The van der Waals surface area contributed by atoms with Gasteiger partial charge in [-0.25, -0.2) is 0 Å². The van der Waals surface area contributed by atoms with Gasteiger partial charge in [0.15, 0.2) is 0 Å². The monoisotopic (exact) mass is 299 g/mol. The maximum Gasteiger partial charge on any atom is 0.264 e. The summed E-state index contributed by atoms with van der Waals surface area (Å²) in [7, 11) is 1.61. The summed E-state index contributed by atoms with van der Waals surface area (Å²) in [5.41, 5.74) is 1.27. The molecule has 1 rings (SSSR count). The van der Waals surface area contributed by atoms with Gasteiger partial charge in [0.1, 0.15) is 0 Å². The third-order valence-corrected chi connectivity index (χ3v) is 4.41. The second-order valence-electron chi connectivity index (χ2n) is 4.67. The molecule has 0 saturated carbocycles. The van der Waals surface area contributed by atoms with Crippen molar-refractivity contribution in [2.75, 3.05) is 33.4 Å². The Labute approximate surface area is 125 Å². The molecule has 1 aromatic heterocycles. The molecule has 0 aliphatic rings. The lowest BCUT2D eigenvalue weighted by Gasteiger charge is -2.20. The summed E-state index contributed by atoms with van der Waals surface area (Å²) in [5.74, 6) is -0.00171. The number of methoxy groups -OCH3 is 1. The second-order valence-corrected chi connectivity index (χ2v) is 5.81. The van der Waals surface area contributed by atoms with E-state index in [1.807, 2.05) is 6.07 Å². The lowest BCUT2D eigenvalue weighted by molar-refractivity contribution is 0.0661. The van der Waals surface area contributed by atoms with E-state index in [1.54, 1.807) is 23.3 Å². The number of aliphatic hydroxyl groups excluding tert-OH is 1. The molecule has 1 N–H and O–H groups in total. The van der Waals surface area contributed by atoms with E-state index in [0.29, 0.717) is 19.7 Å². The highest BCUT2D eigenvalue weighted by Crippen LogP contribution is 2.25. The standard InChI is InChI=1S/C15H25NO3S/c1-4-6-13-12(5-2)11-14(20-13)15(18)16(7-9-17)8-10-19-3/h11,17H,4-10H2,1-3H3. The Morgan fingerprint density at radius 3 is 2.70 bits per heavy atom. The van der Waals surface area contributed by atoms with Gasteiger partial charge in [0.2, 0.25) is 0 Å². The molecule has 0 atom stereocenters. The summed E-state index contributed by atoms with van der Waals surface area (Å²) in [4.78, 5) is 16.2. The molecule has 20 heavy (non-hydrogen) atoms. The Kier molecular flexibility index (Phi) is 7.80. The molecular formula is C15H25NO3S. The average Bonchev–Trinajstić information content (AvgIpc) is 2.86. The van der Waals surface area contributed by atoms with Crippen LogP contribution in [0.2, 0.25) is 0 Å². The SMILES string of the molecule is CCCc1sc(C(=O)N(CCO)CCOC)cc1CC. The van der Waals surface area contributed by atoms with Crippen molar-refractivity contribution in [3.8, 4) is 0 Å². The van der Waals surface area contributed by atoms with E-state index < -0.39 is 0 Å². The van der Waals surface area contributed by atoms with E-state index in [9.17, 15) is 4.79 Å². The fourth-order valence-corrected chi connectivity index (χ4v) is 3.43. The topological polar surface area (TPSA) is 49.8 Å². The molecule has 114 valence electrons. The highest BCUT2D eigenvalue weighted by molar-refractivity contribution is 7.14. The number of ether oxygens (including phenoxy) is 1. The van der Waals surface area contributed by atoms with Crippen molar-refractivity contribution in [3.63, 3.8) is 0 Å². The molecular weight excluding hydrogens is 274 g/mol.